The van der Waals surface area contributed by atoms with Gasteiger partial charge in [0.1, 0.15) is 0 Å². The van der Waals surface area contributed by atoms with Crippen LogP contribution in [0.25, 0.3) is 0 Å². The van der Waals surface area contributed by atoms with Crippen molar-refractivity contribution in [2.45, 2.75) is 64.0 Å². The Morgan fingerprint density at radius 2 is 1.94 bits per heavy atom. The zero-order valence-electron chi connectivity index (χ0n) is 9.91. The minimum atomic E-state index is 0.637. The number of aromatic nitrogens is 2. The van der Waals surface area contributed by atoms with Crippen molar-refractivity contribution in [1.82, 2.24) is 9.78 Å². The number of aryl methyl sites for hydroxylation is 1. The number of nitrogens with zero attached hydrogens (tertiary/aromatic N) is 2. The first-order valence-corrected chi connectivity index (χ1v) is 6.69. The van der Waals surface area contributed by atoms with E-state index in [1.54, 1.807) is 0 Å². The summed E-state index contributed by atoms with van der Waals surface area (Å²) in [6, 6.07) is 0.637. The van der Waals surface area contributed by atoms with Crippen LogP contribution in [0, 0.1) is 0 Å². The first-order valence-electron chi connectivity index (χ1n) is 6.69. The summed E-state index contributed by atoms with van der Waals surface area (Å²) in [5.74, 6) is 0. The van der Waals surface area contributed by atoms with Gasteiger partial charge < -0.3 is 5.73 Å². The summed E-state index contributed by atoms with van der Waals surface area (Å²) >= 11 is 0. The average molecular weight is 219 g/mol. The highest BCUT2D eigenvalue weighted by molar-refractivity contribution is 5.30. The van der Waals surface area contributed by atoms with Gasteiger partial charge in [0.25, 0.3) is 0 Å². The first-order chi connectivity index (χ1) is 7.90. The van der Waals surface area contributed by atoms with Crippen molar-refractivity contribution in [3.63, 3.8) is 0 Å². The highest BCUT2D eigenvalue weighted by atomic mass is 15.3. The Morgan fingerprint density at radius 3 is 2.69 bits per heavy atom. The quantitative estimate of drug-likeness (QED) is 0.829. The Kier molecular flexibility index (Phi) is 2.72. The van der Waals surface area contributed by atoms with E-state index >= 15 is 0 Å². The predicted molar refractivity (Wildman–Crippen MR) is 64.3 cm³/mol. The predicted octanol–water partition coefficient (Wildman–Crippen LogP) is 2.34. The van der Waals surface area contributed by atoms with Gasteiger partial charge in [-0.3, -0.25) is 4.68 Å². The molecule has 0 radical (unpaired) electrons. The molecule has 0 spiro atoms. The molecule has 1 fully saturated rings. The summed E-state index contributed by atoms with van der Waals surface area (Å²) in [6.45, 7) is 0.666. The van der Waals surface area contributed by atoms with Crippen LogP contribution in [0.15, 0.2) is 0 Å². The van der Waals surface area contributed by atoms with E-state index in [0.717, 1.165) is 0 Å². The lowest BCUT2D eigenvalue weighted by Gasteiger charge is -2.24. The normalized spacial score (nSPS) is 21.3. The molecule has 0 aromatic carbocycles. The van der Waals surface area contributed by atoms with Crippen molar-refractivity contribution < 1.29 is 0 Å². The molecular weight excluding hydrogens is 198 g/mol. The molecule has 0 unspecified atom stereocenters. The van der Waals surface area contributed by atoms with Crippen LogP contribution in [0.2, 0.25) is 0 Å². The van der Waals surface area contributed by atoms with Gasteiger partial charge in [-0.2, -0.15) is 5.10 Å². The van der Waals surface area contributed by atoms with Gasteiger partial charge in [0.05, 0.1) is 17.4 Å². The molecule has 88 valence electrons. The van der Waals surface area contributed by atoms with Gasteiger partial charge in [0.2, 0.25) is 0 Å². The van der Waals surface area contributed by atoms with Crippen LogP contribution in [-0.2, 0) is 19.4 Å². The van der Waals surface area contributed by atoms with Crippen molar-refractivity contribution in [2.24, 2.45) is 5.73 Å². The average Bonchev–Trinajstić information content (AvgIpc) is 2.89. The molecule has 0 bridgehead atoms. The molecule has 0 aliphatic heterocycles. The van der Waals surface area contributed by atoms with Crippen LogP contribution in [0.4, 0.5) is 0 Å². The van der Waals surface area contributed by atoms with Gasteiger partial charge in [-0.25, -0.2) is 0 Å². The maximum absolute atomic E-state index is 5.91. The van der Waals surface area contributed by atoms with E-state index in [4.69, 9.17) is 10.8 Å². The maximum atomic E-state index is 5.91. The zero-order valence-corrected chi connectivity index (χ0v) is 9.91. The molecule has 3 nitrogen and oxygen atoms in total. The molecule has 3 rings (SSSR count). The Morgan fingerprint density at radius 1 is 1.12 bits per heavy atom. The Hall–Kier alpha value is -0.830. The molecule has 1 aromatic heterocycles. The lowest BCUT2D eigenvalue weighted by molar-refractivity contribution is 0.320. The lowest BCUT2D eigenvalue weighted by Crippen LogP contribution is -2.19. The van der Waals surface area contributed by atoms with E-state index in [0.29, 0.717) is 12.6 Å². The summed E-state index contributed by atoms with van der Waals surface area (Å²) in [6.07, 6.45) is 10.4. The summed E-state index contributed by atoms with van der Waals surface area (Å²) in [4.78, 5) is 0. The molecule has 0 saturated heterocycles. The van der Waals surface area contributed by atoms with Crippen LogP contribution >= 0.6 is 0 Å². The van der Waals surface area contributed by atoms with Crippen LogP contribution in [0.1, 0.15) is 61.5 Å². The summed E-state index contributed by atoms with van der Waals surface area (Å²) in [5, 5.41) is 4.82. The van der Waals surface area contributed by atoms with Crippen LogP contribution in [0.3, 0.4) is 0 Å². The van der Waals surface area contributed by atoms with Crippen molar-refractivity contribution in [1.29, 1.82) is 0 Å². The second-order valence-electron chi connectivity index (χ2n) is 5.17. The third-order valence-electron chi connectivity index (χ3n) is 4.16. The third kappa shape index (κ3) is 1.58. The van der Waals surface area contributed by atoms with Gasteiger partial charge in [-0.05, 0) is 37.7 Å². The van der Waals surface area contributed by atoms with Crippen LogP contribution in [-0.4, -0.2) is 9.78 Å². The smallest absolute Gasteiger partial charge is 0.0660 e. The Balaban J connectivity index is 1.93. The van der Waals surface area contributed by atoms with Crippen molar-refractivity contribution in [3.05, 3.63) is 17.0 Å². The van der Waals surface area contributed by atoms with E-state index in [1.807, 2.05) is 0 Å². The Labute approximate surface area is 97.0 Å². The molecule has 0 amide bonds. The van der Waals surface area contributed by atoms with Crippen molar-refractivity contribution >= 4 is 0 Å². The summed E-state index contributed by atoms with van der Waals surface area (Å²) < 4.78 is 2.28. The van der Waals surface area contributed by atoms with E-state index in [2.05, 4.69) is 4.68 Å². The molecule has 3 heteroatoms. The molecule has 1 saturated carbocycles. The number of fused-ring (bicyclic) bond motifs is 1. The molecule has 1 heterocycles. The molecule has 2 aliphatic carbocycles. The second kappa shape index (κ2) is 4.21. The number of nitrogens with two attached hydrogens (primary N) is 1. The minimum absolute atomic E-state index is 0.637. The van der Waals surface area contributed by atoms with E-state index in [1.165, 1.54) is 68.3 Å². The molecule has 2 N–H and O–H groups in total. The van der Waals surface area contributed by atoms with Crippen LogP contribution in [0.5, 0.6) is 0 Å². The molecule has 16 heavy (non-hydrogen) atoms. The van der Waals surface area contributed by atoms with E-state index in [-0.39, 0.29) is 0 Å². The minimum Gasteiger partial charge on any atom is -0.325 e. The van der Waals surface area contributed by atoms with E-state index in [9.17, 15) is 0 Å². The van der Waals surface area contributed by atoms with Crippen molar-refractivity contribution in [2.75, 3.05) is 0 Å². The number of rotatable bonds is 2. The summed E-state index contributed by atoms with van der Waals surface area (Å²) in [7, 11) is 0. The fraction of sp³-hybridized carbons (Fsp3) is 0.769. The van der Waals surface area contributed by atoms with Crippen molar-refractivity contribution in [3.8, 4) is 0 Å². The maximum Gasteiger partial charge on any atom is 0.0660 e. The number of hydrogen-bond donors (Lipinski definition) is 1. The Bertz CT molecular complexity index is 375. The molecule has 1 aromatic rings. The van der Waals surface area contributed by atoms with Crippen LogP contribution < -0.4 is 5.73 Å². The monoisotopic (exact) mass is 219 g/mol. The second-order valence-corrected chi connectivity index (χ2v) is 5.17. The molecule has 2 aliphatic rings. The van der Waals surface area contributed by atoms with Gasteiger partial charge >= 0.3 is 0 Å². The fourth-order valence-corrected chi connectivity index (χ4v) is 3.32. The van der Waals surface area contributed by atoms with Gasteiger partial charge in [-0.1, -0.05) is 19.3 Å². The number of hydrogen-bond acceptors (Lipinski definition) is 2. The topological polar surface area (TPSA) is 43.8 Å². The molecular formula is C13H21N3. The molecule has 0 atom stereocenters. The summed E-state index contributed by atoms with van der Waals surface area (Å²) in [5.41, 5.74) is 10.1. The zero-order chi connectivity index (χ0) is 11.0. The first kappa shape index (κ1) is 10.3. The van der Waals surface area contributed by atoms with Gasteiger partial charge in [0, 0.05) is 6.54 Å². The third-order valence-corrected chi connectivity index (χ3v) is 4.16. The highest BCUT2D eigenvalue weighted by Crippen LogP contribution is 2.32. The standard InChI is InChI=1S/C13H21N3/c14-9-13-11-7-4-8-12(11)15-16(13)10-5-2-1-3-6-10/h10H,1-9,14H2. The highest BCUT2D eigenvalue weighted by Gasteiger charge is 2.25. The van der Waals surface area contributed by atoms with Gasteiger partial charge in [0.15, 0.2) is 0 Å². The lowest BCUT2D eigenvalue weighted by atomic mass is 9.95. The van der Waals surface area contributed by atoms with E-state index < -0.39 is 0 Å². The SMILES string of the molecule is NCc1c2c(nn1C1CCCCC1)CCC2. The largest absolute Gasteiger partial charge is 0.325 e. The fourth-order valence-electron chi connectivity index (χ4n) is 3.32. The van der Waals surface area contributed by atoms with Gasteiger partial charge in [-0.15, -0.1) is 0 Å².